The van der Waals surface area contributed by atoms with Crippen LogP contribution in [0.4, 0.5) is 11.4 Å². The molecule has 4 aliphatic rings. The summed E-state index contributed by atoms with van der Waals surface area (Å²) in [6.45, 7) is 3.08. The summed E-state index contributed by atoms with van der Waals surface area (Å²) in [4.78, 5) is 23.3. The predicted octanol–water partition coefficient (Wildman–Crippen LogP) is 6.80. The van der Waals surface area contributed by atoms with Gasteiger partial charge in [0.05, 0.1) is 9.85 Å². The van der Waals surface area contributed by atoms with Crippen molar-refractivity contribution < 1.29 is 29.5 Å². The maximum atomic E-state index is 11.0. The van der Waals surface area contributed by atoms with E-state index in [9.17, 15) is 30.4 Å². The number of hydrogen-bond acceptors (Lipinski definition) is 9. The topological polar surface area (TPSA) is 148 Å². The van der Waals surface area contributed by atoms with Crippen LogP contribution < -0.4 is 9.47 Å². The summed E-state index contributed by atoms with van der Waals surface area (Å²) in [5, 5.41) is 41.9. The van der Waals surface area contributed by atoms with Gasteiger partial charge < -0.3 is 24.6 Å². The fourth-order valence-corrected chi connectivity index (χ4v) is 7.84. The fraction of sp³-hybridized carbons (Fsp3) is 0.273. The molecule has 44 heavy (non-hydrogen) atoms. The molecule has 4 bridgehead atoms. The lowest BCUT2D eigenvalue weighted by Gasteiger charge is -2.64. The SMILES string of the molecule is O=[N+]([O-])c1ccc(Oc2ccc([C@@]34C[C@H]5C[N@@](C3)C[C@](c3ccc(Oc6ccc([N+](=O)[O-])c(O)c6)cc3)(C5)C4)cc2)cc1O. The first-order valence-corrected chi connectivity index (χ1v) is 14.4. The van der Waals surface area contributed by atoms with Crippen molar-refractivity contribution in [2.24, 2.45) is 5.92 Å². The van der Waals surface area contributed by atoms with Crippen molar-refractivity contribution in [1.82, 2.24) is 4.90 Å². The number of hydrogen-bond donors (Lipinski definition) is 2. The molecule has 4 atom stereocenters. The average molecular weight is 596 g/mol. The Bertz CT molecular complexity index is 1630. The number of nitro benzene ring substituents is 2. The van der Waals surface area contributed by atoms with Crippen LogP contribution in [-0.4, -0.2) is 44.6 Å². The molecular formula is C33H29N3O8. The molecule has 3 aliphatic heterocycles. The van der Waals surface area contributed by atoms with Gasteiger partial charge in [-0.2, -0.15) is 0 Å². The molecule has 4 aromatic carbocycles. The minimum atomic E-state index is -0.640. The van der Waals surface area contributed by atoms with Crippen molar-refractivity contribution >= 4 is 11.4 Å². The molecule has 0 aromatic heterocycles. The van der Waals surface area contributed by atoms with Gasteiger partial charge in [-0.05, 0) is 72.7 Å². The smallest absolute Gasteiger partial charge is 0.310 e. The highest BCUT2D eigenvalue weighted by Gasteiger charge is 2.58. The maximum Gasteiger partial charge on any atom is 0.310 e. The number of phenols is 2. The third-order valence-corrected chi connectivity index (χ3v) is 9.30. The quantitative estimate of drug-likeness (QED) is 0.166. The molecular weight excluding hydrogens is 566 g/mol. The third-order valence-electron chi connectivity index (χ3n) is 9.30. The van der Waals surface area contributed by atoms with E-state index in [-0.39, 0.29) is 22.2 Å². The first-order chi connectivity index (χ1) is 21.1. The zero-order valence-electron chi connectivity index (χ0n) is 23.6. The summed E-state index contributed by atoms with van der Waals surface area (Å²) in [6.07, 6.45) is 3.25. The Kier molecular flexibility index (Phi) is 6.43. The lowest BCUT2D eigenvalue weighted by atomic mass is 9.49. The van der Waals surface area contributed by atoms with E-state index in [1.54, 1.807) is 0 Å². The number of rotatable bonds is 8. The van der Waals surface area contributed by atoms with E-state index in [4.69, 9.17) is 9.47 Å². The molecule has 0 radical (unpaired) electrons. The lowest BCUT2D eigenvalue weighted by molar-refractivity contribution is -0.386. The fourth-order valence-electron chi connectivity index (χ4n) is 7.84. The minimum absolute atomic E-state index is 0.00493. The highest BCUT2D eigenvalue weighted by atomic mass is 16.6. The number of aromatic hydroxyl groups is 2. The van der Waals surface area contributed by atoms with Crippen molar-refractivity contribution in [3.05, 3.63) is 116 Å². The average Bonchev–Trinajstić information content (AvgIpc) is 2.97. The van der Waals surface area contributed by atoms with Crippen LogP contribution in [0.5, 0.6) is 34.5 Å². The van der Waals surface area contributed by atoms with E-state index in [1.165, 1.54) is 47.5 Å². The van der Waals surface area contributed by atoms with Crippen LogP contribution in [0, 0.1) is 26.1 Å². The summed E-state index contributed by atoms with van der Waals surface area (Å²) in [6, 6.07) is 24.0. The van der Waals surface area contributed by atoms with E-state index < -0.39 is 21.3 Å². The first kappa shape index (κ1) is 27.7. The molecule has 11 heteroatoms. The number of ether oxygens (including phenoxy) is 2. The molecule has 1 saturated carbocycles. The van der Waals surface area contributed by atoms with E-state index in [1.807, 2.05) is 24.3 Å². The van der Waals surface area contributed by atoms with Gasteiger partial charge in [0.15, 0.2) is 11.5 Å². The van der Waals surface area contributed by atoms with Crippen LogP contribution in [0.1, 0.15) is 30.4 Å². The van der Waals surface area contributed by atoms with Crippen molar-refractivity contribution in [3.8, 4) is 34.5 Å². The minimum Gasteiger partial charge on any atom is -0.502 e. The van der Waals surface area contributed by atoms with E-state index >= 15 is 0 Å². The Hall–Kier alpha value is -5.16. The van der Waals surface area contributed by atoms with E-state index in [0.29, 0.717) is 28.9 Å². The molecule has 3 heterocycles. The van der Waals surface area contributed by atoms with Crippen molar-refractivity contribution in [3.63, 3.8) is 0 Å². The van der Waals surface area contributed by atoms with Gasteiger partial charge in [0.2, 0.25) is 0 Å². The van der Waals surface area contributed by atoms with Crippen LogP contribution >= 0.6 is 0 Å². The van der Waals surface area contributed by atoms with Crippen LogP contribution in [0.3, 0.4) is 0 Å². The molecule has 1 aliphatic carbocycles. The number of nitrogens with zero attached hydrogens (tertiary/aromatic N) is 3. The molecule has 8 rings (SSSR count). The first-order valence-electron chi connectivity index (χ1n) is 14.4. The third kappa shape index (κ3) is 4.84. The monoisotopic (exact) mass is 595 g/mol. The van der Waals surface area contributed by atoms with Gasteiger partial charge in [-0.3, -0.25) is 20.2 Å². The summed E-state index contributed by atoms with van der Waals surface area (Å²) in [5.74, 6) is 1.49. The molecule has 4 fully saturated rings. The molecule has 0 spiro atoms. The zero-order valence-corrected chi connectivity index (χ0v) is 23.6. The maximum absolute atomic E-state index is 11.0. The van der Waals surface area contributed by atoms with Crippen molar-refractivity contribution in [2.45, 2.75) is 30.1 Å². The van der Waals surface area contributed by atoms with Gasteiger partial charge in [0, 0.05) is 54.7 Å². The van der Waals surface area contributed by atoms with Crippen molar-refractivity contribution in [2.75, 3.05) is 19.6 Å². The number of benzene rings is 4. The van der Waals surface area contributed by atoms with Crippen molar-refractivity contribution in [1.29, 1.82) is 0 Å². The van der Waals surface area contributed by atoms with E-state index in [2.05, 4.69) is 29.2 Å². The van der Waals surface area contributed by atoms with Gasteiger partial charge in [-0.15, -0.1) is 0 Å². The molecule has 224 valence electrons. The Morgan fingerprint density at radius 2 is 1.07 bits per heavy atom. The Morgan fingerprint density at radius 3 is 1.43 bits per heavy atom. The second-order valence-electron chi connectivity index (χ2n) is 12.2. The van der Waals surface area contributed by atoms with Gasteiger partial charge in [-0.25, -0.2) is 0 Å². The molecule has 0 unspecified atom stereocenters. The Morgan fingerprint density at radius 1 is 0.659 bits per heavy atom. The van der Waals surface area contributed by atoms with Crippen LogP contribution in [0.25, 0.3) is 0 Å². The standard InChI is InChI=1S/C33H29N3O8/c37-30-13-26(9-11-28(30)35(39)40)43-24-5-1-22(2-6-24)32-15-21-16-33(18-32,20-34(17-21)19-32)23-3-7-25(8-4-23)44-27-10-12-29(36(41)42)31(38)14-27/h1-14,21,37-38H,15-20H2/t21-,32-,33+. The summed E-state index contributed by atoms with van der Waals surface area (Å²) >= 11 is 0. The zero-order chi connectivity index (χ0) is 30.6. The van der Waals surface area contributed by atoms with Gasteiger partial charge in [0.25, 0.3) is 0 Å². The van der Waals surface area contributed by atoms with Crippen LogP contribution in [-0.2, 0) is 10.8 Å². The number of piperidine rings is 3. The van der Waals surface area contributed by atoms with Crippen LogP contribution in [0.15, 0.2) is 84.9 Å². The largest absolute Gasteiger partial charge is 0.502 e. The molecule has 0 amide bonds. The van der Waals surface area contributed by atoms with Gasteiger partial charge >= 0.3 is 11.4 Å². The number of nitro groups is 2. The molecule has 11 nitrogen and oxygen atoms in total. The van der Waals surface area contributed by atoms with Crippen LogP contribution in [0.2, 0.25) is 0 Å². The summed E-state index contributed by atoms with van der Waals surface area (Å²) in [7, 11) is 0. The normalized spacial score (nSPS) is 25.0. The summed E-state index contributed by atoms with van der Waals surface area (Å²) in [5.41, 5.74) is 1.76. The molecule has 2 N–H and O–H groups in total. The highest BCUT2D eigenvalue weighted by molar-refractivity contribution is 5.52. The molecule has 4 aromatic rings. The van der Waals surface area contributed by atoms with Gasteiger partial charge in [0.1, 0.15) is 23.0 Å². The second-order valence-corrected chi connectivity index (χ2v) is 12.2. The number of phenolic OH excluding ortho intramolecular Hbond substituents is 2. The second kappa shape index (κ2) is 10.2. The Balaban J connectivity index is 1.10. The predicted molar refractivity (Wildman–Crippen MR) is 160 cm³/mol. The Labute approximate surface area is 252 Å². The van der Waals surface area contributed by atoms with E-state index in [0.717, 1.165) is 38.9 Å². The summed E-state index contributed by atoms with van der Waals surface area (Å²) < 4.78 is 11.8. The highest BCUT2D eigenvalue weighted by Crippen LogP contribution is 2.58. The van der Waals surface area contributed by atoms with Gasteiger partial charge in [-0.1, -0.05) is 24.3 Å². The lowest BCUT2D eigenvalue weighted by Crippen LogP contribution is -2.66. The molecule has 3 saturated heterocycles.